The van der Waals surface area contributed by atoms with Crippen LogP contribution in [0.15, 0.2) is 24.3 Å². The summed E-state index contributed by atoms with van der Waals surface area (Å²) in [5.74, 6) is 0.130. The molecule has 0 aliphatic carbocycles. The molecule has 1 aromatic carbocycles. The third kappa shape index (κ3) is 4.36. The number of benzene rings is 1. The van der Waals surface area contributed by atoms with E-state index in [1.807, 2.05) is 24.3 Å². The van der Waals surface area contributed by atoms with E-state index in [0.717, 1.165) is 42.1 Å². The summed E-state index contributed by atoms with van der Waals surface area (Å²) >= 11 is 1.48. The number of thiophene rings is 1. The lowest BCUT2D eigenvalue weighted by Crippen LogP contribution is -2.30. The Labute approximate surface area is 169 Å². The SMILES string of the molecule is CCOC(=O)c1c(NC(=O)Cc2ccccc2OC)sc2c1CCN(CC)C2. The maximum atomic E-state index is 12.7. The summed E-state index contributed by atoms with van der Waals surface area (Å²) in [7, 11) is 1.59. The molecule has 0 unspecified atom stereocenters. The van der Waals surface area contributed by atoms with Crippen LogP contribution in [-0.2, 0) is 28.9 Å². The first kappa shape index (κ1) is 20.4. The van der Waals surface area contributed by atoms with E-state index in [9.17, 15) is 9.59 Å². The summed E-state index contributed by atoms with van der Waals surface area (Å²) in [5, 5.41) is 3.53. The number of amides is 1. The first-order valence-electron chi connectivity index (χ1n) is 9.53. The molecule has 2 aromatic rings. The summed E-state index contributed by atoms with van der Waals surface area (Å²) in [5.41, 5.74) is 2.34. The van der Waals surface area contributed by atoms with E-state index < -0.39 is 0 Å². The zero-order chi connectivity index (χ0) is 20.1. The Bertz CT molecular complexity index is 862. The van der Waals surface area contributed by atoms with Crippen molar-refractivity contribution >= 4 is 28.2 Å². The topological polar surface area (TPSA) is 67.9 Å². The van der Waals surface area contributed by atoms with Gasteiger partial charge >= 0.3 is 5.97 Å². The van der Waals surface area contributed by atoms with Gasteiger partial charge < -0.3 is 14.8 Å². The summed E-state index contributed by atoms with van der Waals surface area (Å²) in [6, 6.07) is 7.43. The molecule has 6 nitrogen and oxygen atoms in total. The smallest absolute Gasteiger partial charge is 0.341 e. The van der Waals surface area contributed by atoms with Gasteiger partial charge in [-0.15, -0.1) is 11.3 Å². The number of hydrogen-bond donors (Lipinski definition) is 1. The molecule has 1 aliphatic rings. The van der Waals surface area contributed by atoms with Crippen LogP contribution in [-0.4, -0.2) is 43.6 Å². The van der Waals surface area contributed by atoms with Gasteiger partial charge in [-0.1, -0.05) is 25.1 Å². The lowest BCUT2D eigenvalue weighted by Gasteiger charge is -2.25. The highest BCUT2D eigenvalue weighted by atomic mass is 32.1. The van der Waals surface area contributed by atoms with E-state index in [4.69, 9.17) is 9.47 Å². The average molecular weight is 403 g/mol. The monoisotopic (exact) mass is 402 g/mol. The molecule has 1 N–H and O–H groups in total. The van der Waals surface area contributed by atoms with Crippen molar-refractivity contribution in [3.63, 3.8) is 0 Å². The number of likely N-dealkylation sites (N-methyl/N-ethyl adjacent to an activating group) is 1. The molecule has 7 heteroatoms. The molecule has 150 valence electrons. The minimum Gasteiger partial charge on any atom is -0.496 e. The molecule has 28 heavy (non-hydrogen) atoms. The average Bonchev–Trinajstić information content (AvgIpc) is 3.05. The molecule has 2 heterocycles. The first-order valence-corrected chi connectivity index (χ1v) is 10.3. The number of carbonyl (C=O) groups excluding carboxylic acids is 2. The molecule has 0 saturated heterocycles. The number of anilines is 1. The van der Waals surface area contributed by atoms with E-state index in [-0.39, 0.29) is 18.3 Å². The fourth-order valence-electron chi connectivity index (χ4n) is 3.43. The molecule has 0 atom stereocenters. The summed E-state index contributed by atoms with van der Waals surface area (Å²) < 4.78 is 10.6. The van der Waals surface area contributed by atoms with Crippen LogP contribution in [0.3, 0.4) is 0 Å². The van der Waals surface area contributed by atoms with Gasteiger partial charge in [-0.3, -0.25) is 9.69 Å². The van der Waals surface area contributed by atoms with Crippen LogP contribution >= 0.6 is 11.3 Å². The molecular weight excluding hydrogens is 376 g/mol. The molecule has 0 radical (unpaired) electrons. The highest BCUT2D eigenvalue weighted by Gasteiger charge is 2.29. The Balaban J connectivity index is 1.85. The van der Waals surface area contributed by atoms with Crippen molar-refractivity contribution in [3.8, 4) is 5.75 Å². The Morgan fingerprint density at radius 2 is 2.04 bits per heavy atom. The zero-order valence-corrected chi connectivity index (χ0v) is 17.4. The van der Waals surface area contributed by atoms with Crippen molar-refractivity contribution in [1.29, 1.82) is 0 Å². The number of para-hydroxylation sites is 1. The normalized spacial score (nSPS) is 13.7. The van der Waals surface area contributed by atoms with Crippen LogP contribution in [0.4, 0.5) is 5.00 Å². The van der Waals surface area contributed by atoms with Crippen LogP contribution < -0.4 is 10.1 Å². The van der Waals surface area contributed by atoms with Gasteiger partial charge in [0.25, 0.3) is 0 Å². The van der Waals surface area contributed by atoms with Gasteiger partial charge in [0.2, 0.25) is 5.91 Å². The van der Waals surface area contributed by atoms with Crippen LogP contribution in [0.2, 0.25) is 0 Å². The van der Waals surface area contributed by atoms with Gasteiger partial charge in [0.1, 0.15) is 10.8 Å². The van der Waals surface area contributed by atoms with E-state index in [1.54, 1.807) is 14.0 Å². The minimum atomic E-state index is -0.363. The van der Waals surface area contributed by atoms with Crippen molar-refractivity contribution in [3.05, 3.63) is 45.8 Å². The van der Waals surface area contributed by atoms with E-state index in [2.05, 4.69) is 17.1 Å². The highest BCUT2D eigenvalue weighted by molar-refractivity contribution is 7.17. The number of nitrogens with zero attached hydrogens (tertiary/aromatic N) is 1. The van der Waals surface area contributed by atoms with Gasteiger partial charge in [-0.25, -0.2) is 4.79 Å². The summed E-state index contributed by atoms with van der Waals surface area (Å²) in [6.45, 7) is 6.88. The fourth-order valence-corrected chi connectivity index (χ4v) is 4.72. The third-order valence-corrected chi connectivity index (χ3v) is 5.99. The predicted octanol–water partition coefficient (Wildman–Crippen LogP) is 3.49. The molecule has 0 saturated carbocycles. The number of hydrogen-bond acceptors (Lipinski definition) is 6. The van der Waals surface area contributed by atoms with Crippen molar-refractivity contribution < 1.29 is 19.1 Å². The number of methoxy groups -OCH3 is 1. The number of rotatable bonds is 7. The Hall–Kier alpha value is -2.38. The maximum absolute atomic E-state index is 12.7. The fraction of sp³-hybridized carbons (Fsp3) is 0.429. The molecule has 0 spiro atoms. The minimum absolute atomic E-state index is 0.177. The van der Waals surface area contributed by atoms with Gasteiger partial charge in [0, 0.05) is 23.5 Å². The van der Waals surface area contributed by atoms with Crippen LogP contribution in [0.25, 0.3) is 0 Å². The quantitative estimate of drug-likeness (QED) is 0.718. The Morgan fingerprint density at radius 3 is 2.75 bits per heavy atom. The van der Waals surface area contributed by atoms with Gasteiger partial charge in [-0.2, -0.15) is 0 Å². The maximum Gasteiger partial charge on any atom is 0.341 e. The summed E-state index contributed by atoms with van der Waals surface area (Å²) in [4.78, 5) is 28.7. The number of esters is 1. The van der Waals surface area contributed by atoms with Crippen molar-refractivity contribution in [2.75, 3.05) is 32.1 Å². The van der Waals surface area contributed by atoms with Crippen LogP contribution in [0.1, 0.15) is 40.2 Å². The molecule has 0 fully saturated rings. The van der Waals surface area contributed by atoms with E-state index in [1.165, 1.54) is 11.3 Å². The van der Waals surface area contributed by atoms with Gasteiger partial charge in [0.15, 0.2) is 0 Å². The second-order valence-corrected chi connectivity index (χ2v) is 7.69. The number of nitrogens with one attached hydrogen (secondary N) is 1. The van der Waals surface area contributed by atoms with Crippen LogP contribution in [0, 0.1) is 0 Å². The predicted molar refractivity (Wildman–Crippen MR) is 110 cm³/mol. The van der Waals surface area contributed by atoms with Crippen molar-refractivity contribution in [1.82, 2.24) is 4.90 Å². The molecule has 1 aliphatic heterocycles. The van der Waals surface area contributed by atoms with E-state index in [0.29, 0.717) is 22.9 Å². The van der Waals surface area contributed by atoms with Gasteiger partial charge in [0.05, 0.1) is 25.7 Å². The second kappa shape index (κ2) is 9.21. The Morgan fingerprint density at radius 1 is 1.25 bits per heavy atom. The molecule has 1 aromatic heterocycles. The van der Waals surface area contributed by atoms with Crippen LogP contribution in [0.5, 0.6) is 5.75 Å². The molecule has 0 bridgehead atoms. The lowest BCUT2D eigenvalue weighted by atomic mass is 10.0. The highest BCUT2D eigenvalue weighted by Crippen LogP contribution is 2.37. The van der Waals surface area contributed by atoms with Crippen molar-refractivity contribution in [2.45, 2.75) is 33.2 Å². The zero-order valence-electron chi connectivity index (χ0n) is 16.5. The standard InChI is InChI=1S/C21H26N2O4S/c1-4-23-11-10-15-17(13-23)28-20(19(15)21(25)27-5-2)22-18(24)12-14-8-6-7-9-16(14)26-3/h6-9H,4-5,10-13H2,1-3H3,(H,22,24). The number of fused-ring (bicyclic) bond motifs is 1. The Kier molecular flexibility index (Phi) is 6.70. The first-order chi connectivity index (χ1) is 13.6. The van der Waals surface area contributed by atoms with E-state index >= 15 is 0 Å². The largest absolute Gasteiger partial charge is 0.496 e. The van der Waals surface area contributed by atoms with Gasteiger partial charge in [-0.05, 0) is 31.5 Å². The third-order valence-electron chi connectivity index (χ3n) is 4.86. The number of carbonyl (C=O) groups is 2. The second-order valence-electron chi connectivity index (χ2n) is 6.58. The molecular formula is C21H26N2O4S. The number of ether oxygens (including phenoxy) is 2. The molecule has 3 rings (SSSR count). The summed E-state index contributed by atoms with van der Waals surface area (Å²) in [6.07, 6.45) is 0.964. The molecule has 1 amide bonds. The lowest BCUT2D eigenvalue weighted by molar-refractivity contribution is -0.115. The van der Waals surface area contributed by atoms with Crippen molar-refractivity contribution in [2.24, 2.45) is 0 Å².